The first-order valence-electron chi connectivity index (χ1n) is 10.1. The van der Waals surface area contributed by atoms with Gasteiger partial charge in [0.25, 0.3) is 0 Å². The summed E-state index contributed by atoms with van der Waals surface area (Å²) in [6.07, 6.45) is 0. The van der Waals surface area contributed by atoms with E-state index in [0.29, 0.717) is 23.0 Å². The first-order valence-corrected chi connectivity index (χ1v) is 10.1. The van der Waals surface area contributed by atoms with Gasteiger partial charge in [0.1, 0.15) is 0 Å². The molecule has 31 heavy (non-hydrogen) atoms. The lowest BCUT2D eigenvalue weighted by atomic mass is 9.79. The Balaban J connectivity index is 1.75. The molecule has 5 rings (SSSR count). The Morgan fingerprint density at radius 2 is 1.45 bits per heavy atom. The van der Waals surface area contributed by atoms with Gasteiger partial charge in [-0.15, -0.1) is 0 Å². The van der Waals surface area contributed by atoms with Crippen LogP contribution in [0.25, 0.3) is 0 Å². The third kappa shape index (κ3) is 3.06. The van der Waals surface area contributed by atoms with E-state index in [9.17, 15) is 9.90 Å². The van der Waals surface area contributed by atoms with Gasteiger partial charge < -0.3 is 24.1 Å². The monoisotopic (exact) mass is 418 g/mol. The fraction of sp³-hybridized carbons (Fsp3) is 0.240. The van der Waals surface area contributed by atoms with Crippen molar-refractivity contribution in [3.05, 3.63) is 82.9 Å². The highest BCUT2D eigenvalue weighted by molar-refractivity contribution is 5.78. The van der Waals surface area contributed by atoms with Crippen LogP contribution in [0.1, 0.15) is 34.1 Å². The Morgan fingerprint density at radius 3 is 2.06 bits per heavy atom. The average Bonchev–Trinajstić information content (AvgIpc) is 3.40. The molecule has 0 aromatic heterocycles. The predicted octanol–water partition coefficient (Wildman–Crippen LogP) is 4.41. The van der Waals surface area contributed by atoms with Crippen molar-refractivity contribution in [2.45, 2.75) is 11.8 Å². The Bertz CT molecular complexity index is 1140. The largest absolute Gasteiger partial charge is 0.493 e. The maximum Gasteiger partial charge on any atom is 0.308 e. The standard InChI is InChI=1S/C25H22O6/c1-28-19-11-16-17(12-20(19)29-2)23(15-8-9-18-21(10-15)31-13-30-18)24(25(26)27)22(16)14-6-4-3-5-7-14/h3-12,22-24H,13H2,1-2H3,(H,26,27)/t22-,23-,24-/m1/s1. The molecule has 0 spiro atoms. The fourth-order valence-corrected chi connectivity index (χ4v) is 4.85. The van der Waals surface area contributed by atoms with Crippen LogP contribution in [0.15, 0.2) is 60.7 Å². The van der Waals surface area contributed by atoms with Gasteiger partial charge in [-0.25, -0.2) is 0 Å². The van der Waals surface area contributed by atoms with Crippen molar-refractivity contribution in [3.8, 4) is 23.0 Å². The topological polar surface area (TPSA) is 74.2 Å². The van der Waals surface area contributed by atoms with Crippen LogP contribution in [-0.2, 0) is 4.79 Å². The zero-order valence-corrected chi connectivity index (χ0v) is 17.2. The fourth-order valence-electron chi connectivity index (χ4n) is 4.85. The second-order valence-corrected chi connectivity index (χ2v) is 7.68. The van der Waals surface area contributed by atoms with Crippen molar-refractivity contribution in [1.82, 2.24) is 0 Å². The van der Waals surface area contributed by atoms with Gasteiger partial charge in [0, 0.05) is 11.8 Å². The molecule has 1 aliphatic heterocycles. The number of rotatable bonds is 5. The minimum Gasteiger partial charge on any atom is -0.493 e. The van der Waals surface area contributed by atoms with Crippen LogP contribution in [0.5, 0.6) is 23.0 Å². The quantitative estimate of drug-likeness (QED) is 0.662. The van der Waals surface area contributed by atoms with Crippen molar-refractivity contribution >= 4 is 5.97 Å². The van der Waals surface area contributed by atoms with Crippen molar-refractivity contribution in [2.75, 3.05) is 21.0 Å². The summed E-state index contributed by atoms with van der Waals surface area (Å²) in [4.78, 5) is 12.7. The van der Waals surface area contributed by atoms with Crippen LogP contribution in [0, 0.1) is 5.92 Å². The summed E-state index contributed by atoms with van der Waals surface area (Å²) in [7, 11) is 3.17. The van der Waals surface area contributed by atoms with E-state index in [-0.39, 0.29) is 18.6 Å². The molecule has 3 aromatic carbocycles. The summed E-state index contributed by atoms with van der Waals surface area (Å²) in [5, 5.41) is 10.4. The zero-order chi connectivity index (χ0) is 21.5. The van der Waals surface area contributed by atoms with E-state index in [1.165, 1.54) is 0 Å². The molecular weight excluding hydrogens is 396 g/mol. The molecule has 1 aliphatic carbocycles. The summed E-state index contributed by atoms with van der Waals surface area (Å²) in [6, 6.07) is 19.2. The molecule has 0 unspecified atom stereocenters. The lowest BCUT2D eigenvalue weighted by Gasteiger charge is -2.23. The van der Waals surface area contributed by atoms with Gasteiger partial charge in [-0.1, -0.05) is 36.4 Å². The number of carboxylic acid groups (broad SMARTS) is 1. The predicted molar refractivity (Wildman–Crippen MR) is 113 cm³/mol. The maximum absolute atomic E-state index is 12.7. The van der Waals surface area contributed by atoms with E-state index in [2.05, 4.69) is 0 Å². The molecule has 0 saturated heterocycles. The number of carboxylic acids is 1. The highest BCUT2D eigenvalue weighted by Gasteiger charge is 2.47. The molecule has 0 fully saturated rings. The molecule has 6 heteroatoms. The second kappa shape index (κ2) is 7.54. The minimum atomic E-state index is -0.856. The molecule has 0 radical (unpaired) electrons. The third-order valence-corrected chi connectivity index (χ3v) is 6.18. The number of ether oxygens (including phenoxy) is 4. The summed E-state index contributed by atoms with van der Waals surface area (Å²) in [5.74, 6) is 0.186. The van der Waals surface area contributed by atoms with Crippen molar-refractivity contribution < 1.29 is 28.8 Å². The molecule has 0 amide bonds. The number of benzene rings is 3. The van der Waals surface area contributed by atoms with Gasteiger partial charge in [-0.3, -0.25) is 4.79 Å². The van der Waals surface area contributed by atoms with Gasteiger partial charge >= 0.3 is 5.97 Å². The molecule has 158 valence electrons. The van der Waals surface area contributed by atoms with Gasteiger partial charge in [0.15, 0.2) is 23.0 Å². The Hall–Kier alpha value is -3.67. The van der Waals surface area contributed by atoms with Gasteiger partial charge in [-0.2, -0.15) is 0 Å². The summed E-state index contributed by atoms with van der Waals surface area (Å²) < 4.78 is 22.1. The van der Waals surface area contributed by atoms with Crippen LogP contribution in [0.4, 0.5) is 0 Å². The zero-order valence-electron chi connectivity index (χ0n) is 17.2. The molecule has 6 nitrogen and oxygen atoms in total. The number of hydrogen-bond donors (Lipinski definition) is 1. The van der Waals surface area contributed by atoms with Crippen molar-refractivity contribution in [3.63, 3.8) is 0 Å². The molecule has 2 aliphatic rings. The number of aliphatic carboxylic acids is 1. The normalized spacial score (nSPS) is 20.9. The summed E-state index contributed by atoms with van der Waals surface area (Å²) in [6.45, 7) is 0.167. The first kappa shape index (κ1) is 19.3. The lowest BCUT2D eigenvalue weighted by molar-refractivity contribution is -0.142. The minimum absolute atomic E-state index is 0.167. The maximum atomic E-state index is 12.7. The average molecular weight is 418 g/mol. The van der Waals surface area contributed by atoms with Crippen LogP contribution in [-0.4, -0.2) is 32.1 Å². The van der Waals surface area contributed by atoms with E-state index in [1.54, 1.807) is 14.2 Å². The van der Waals surface area contributed by atoms with Crippen molar-refractivity contribution in [2.24, 2.45) is 5.92 Å². The van der Waals surface area contributed by atoms with Crippen LogP contribution >= 0.6 is 0 Å². The van der Waals surface area contributed by atoms with Gasteiger partial charge in [-0.05, 0) is 46.5 Å². The van der Waals surface area contributed by atoms with Crippen molar-refractivity contribution in [1.29, 1.82) is 0 Å². The molecule has 1 N–H and O–H groups in total. The number of hydrogen-bond acceptors (Lipinski definition) is 5. The van der Waals surface area contributed by atoms with Gasteiger partial charge in [0.05, 0.1) is 20.1 Å². The SMILES string of the molecule is COc1cc2c(cc1OC)[C@@H](c1ccc3c(c1)OCO3)[C@H](C(=O)O)[C@@H]2c1ccccc1. The Kier molecular flexibility index (Phi) is 4.70. The molecule has 3 aromatic rings. The number of fused-ring (bicyclic) bond motifs is 2. The highest BCUT2D eigenvalue weighted by atomic mass is 16.7. The van der Waals surface area contributed by atoms with Crippen LogP contribution in [0.3, 0.4) is 0 Å². The second-order valence-electron chi connectivity index (χ2n) is 7.68. The van der Waals surface area contributed by atoms with Gasteiger partial charge in [0.2, 0.25) is 6.79 Å². The lowest BCUT2D eigenvalue weighted by Crippen LogP contribution is -2.23. The van der Waals surface area contributed by atoms with E-state index in [0.717, 1.165) is 22.3 Å². The van der Waals surface area contributed by atoms with E-state index in [4.69, 9.17) is 18.9 Å². The first-order chi connectivity index (χ1) is 15.1. The summed E-state index contributed by atoms with van der Waals surface area (Å²) in [5.41, 5.74) is 3.66. The Morgan fingerprint density at radius 1 is 0.839 bits per heavy atom. The van der Waals surface area contributed by atoms with E-state index < -0.39 is 11.9 Å². The molecular formula is C25H22O6. The Labute approximate surface area is 179 Å². The summed E-state index contributed by atoms with van der Waals surface area (Å²) >= 11 is 0. The number of carbonyl (C=O) groups is 1. The van der Waals surface area contributed by atoms with E-state index in [1.807, 2.05) is 60.7 Å². The van der Waals surface area contributed by atoms with Crippen LogP contribution in [0.2, 0.25) is 0 Å². The number of methoxy groups -OCH3 is 2. The smallest absolute Gasteiger partial charge is 0.308 e. The molecule has 0 saturated carbocycles. The molecule has 1 heterocycles. The molecule has 0 bridgehead atoms. The van der Waals surface area contributed by atoms with E-state index >= 15 is 0 Å². The third-order valence-electron chi connectivity index (χ3n) is 6.18. The highest BCUT2D eigenvalue weighted by Crippen LogP contribution is 2.55. The van der Waals surface area contributed by atoms with Crippen LogP contribution < -0.4 is 18.9 Å². The molecule has 3 atom stereocenters.